The SMILES string of the molecule is CC1CC(C)(C)N(C)c2ccc(/C=C3\C(=O)NC(=O)N(c4ccc(Cl)cc4)C3=O)cc21. The Hall–Kier alpha value is -3.12. The number of fused-ring (bicyclic) bond motifs is 1. The van der Waals surface area contributed by atoms with Gasteiger partial charge in [0.15, 0.2) is 0 Å². The van der Waals surface area contributed by atoms with Crippen molar-refractivity contribution < 1.29 is 14.4 Å². The Labute approximate surface area is 186 Å². The lowest BCUT2D eigenvalue weighted by molar-refractivity contribution is -0.122. The molecule has 0 saturated carbocycles. The predicted octanol–water partition coefficient (Wildman–Crippen LogP) is 4.73. The van der Waals surface area contributed by atoms with E-state index in [0.717, 1.165) is 22.6 Å². The number of hydrogen-bond acceptors (Lipinski definition) is 4. The lowest BCUT2D eigenvalue weighted by Gasteiger charge is -2.45. The Morgan fingerprint density at radius 1 is 1.10 bits per heavy atom. The standard InChI is InChI=1S/C24H24ClN3O3/c1-14-13-24(2,3)27(4)20-10-5-15(11-18(14)20)12-19-21(29)26-23(31)28(22(19)30)17-8-6-16(25)7-9-17/h5-12,14H,13H2,1-4H3,(H,26,29,31)/b19-12+. The summed E-state index contributed by atoms with van der Waals surface area (Å²) in [4.78, 5) is 41.1. The first-order chi connectivity index (χ1) is 14.6. The van der Waals surface area contributed by atoms with Crippen molar-refractivity contribution in [1.82, 2.24) is 5.32 Å². The number of anilines is 2. The Morgan fingerprint density at radius 3 is 2.45 bits per heavy atom. The highest BCUT2D eigenvalue weighted by molar-refractivity contribution is 6.39. The van der Waals surface area contributed by atoms with Crippen molar-refractivity contribution in [3.05, 3.63) is 64.2 Å². The molecule has 2 heterocycles. The number of imide groups is 2. The number of amides is 4. The minimum Gasteiger partial charge on any atom is -0.369 e. The first-order valence-corrected chi connectivity index (χ1v) is 10.5. The van der Waals surface area contributed by atoms with E-state index < -0.39 is 17.8 Å². The summed E-state index contributed by atoms with van der Waals surface area (Å²) < 4.78 is 0. The number of halogens is 1. The highest BCUT2D eigenvalue weighted by Gasteiger charge is 2.37. The average Bonchev–Trinajstić information content (AvgIpc) is 2.70. The largest absolute Gasteiger partial charge is 0.369 e. The fourth-order valence-corrected chi connectivity index (χ4v) is 4.46. The van der Waals surface area contributed by atoms with E-state index in [9.17, 15) is 14.4 Å². The molecule has 0 aliphatic carbocycles. The first-order valence-electron chi connectivity index (χ1n) is 10.1. The third-order valence-electron chi connectivity index (χ3n) is 6.16. The molecule has 4 amide bonds. The number of nitrogens with zero attached hydrogens (tertiary/aromatic N) is 2. The molecule has 4 rings (SSSR count). The molecule has 7 heteroatoms. The normalized spacial score (nSPS) is 21.9. The molecule has 160 valence electrons. The van der Waals surface area contributed by atoms with Crippen LogP contribution in [0.15, 0.2) is 48.0 Å². The number of urea groups is 1. The second kappa shape index (κ2) is 7.54. The van der Waals surface area contributed by atoms with E-state index in [1.54, 1.807) is 30.3 Å². The van der Waals surface area contributed by atoms with E-state index in [0.29, 0.717) is 16.6 Å². The number of nitrogens with one attached hydrogen (secondary N) is 1. The molecule has 0 bridgehead atoms. The molecule has 0 radical (unpaired) electrons. The maximum absolute atomic E-state index is 13.1. The van der Waals surface area contributed by atoms with E-state index in [1.165, 1.54) is 5.56 Å². The van der Waals surface area contributed by atoms with Gasteiger partial charge in [-0.2, -0.15) is 0 Å². The summed E-state index contributed by atoms with van der Waals surface area (Å²) in [6, 6.07) is 11.4. The first kappa shape index (κ1) is 21.1. The van der Waals surface area contributed by atoms with Crippen LogP contribution >= 0.6 is 11.6 Å². The van der Waals surface area contributed by atoms with Crippen molar-refractivity contribution in [2.45, 2.75) is 38.6 Å². The van der Waals surface area contributed by atoms with Gasteiger partial charge < -0.3 is 4.90 Å². The minimum absolute atomic E-state index is 0.0467. The molecule has 1 fully saturated rings. The van der Waals surface area contributed by atoms with Gasteiger partial charge in [-0.25, -0.2) is 9.69 Å². The molecule has 0 spiro atoms. The van der Waals surface area contributed by atoms with Gasteiger partial charge in [-0.15, -0.1) is 0 Å². The summed E-state index contributed by atoms with van der Waals surface area (Å²) in [7, 11) is 2.08. The van der Waals surface area contributed by atoms with Crippen LogP contribution in [-0.2, 0) is 9.59 Å². The minimum atomic E-state index is -0.780. The molecule has 31 heavy (non-hydrogen) atoms. The molecule has 1 unspecified atom stereocenters. The highest BCUT2D eigenvalue weighted by Crippen LogP contribution is 2.42. The van der Waals surface area contributed by atoms with Gasteiger partial charge >= 0.3 is 6.03 Å². The van der Waals surface area contributed by atoms with Gasteiger partial charge in [-0.3, -0.25) is 14.9 Å². The zero-order valence-corrected chi connectivity index (χ0v) is 18.7. The third-order valence-corrected chi connectivity index (χ3v) is 6.41. The molecule has 1 N–H and O–H groups in total. The average molecular weight is 438 g/mol. The Kier molecular flexibility index (Phi) is 5.13. The second-order valence-corrected chi connectivity index (χ2v) is 9.17. The lowest BCUT2D eigenvalue weighted by atomic mass is 9.80. The Morgan fingerprint density at radius 2 is 1.77 bits per heavy atom. The molecular formula is C24H24ClN3O3. The van der Waals surface area contributed by atoms with E-state index in [4.69, 9.17) is 11.6 Å². The van der Waals surface area contributed by atoms with Crippen molar-refractivity contribution >= 4 is 46.9 Å². The van der Waals surface area contributed by atoms with E-state index in [2.05, 4.69) is 38.0 Å². The van der Waals surface area contributed by atoms with E-state index >= 15 is 0 Å². The van der Waals surface area contributed by atoms with Crippen molar-refractivity contribution in [3.8, 4) is 0 Å². The summed E-state index contributed by atoms with van der Waals surface area (Å²) in [5.41, 5.74) is 3.35. The Bertz CT molecular complexity index is 1120. The van der Waals surface area contributed by atoms with Crippen LogP contribution < -0.4 is 15.1 Å². The zero-order valence-electron chi connectivity index (χ0n) is 17.9. The number of carbonyl (C=O) groups excluding carboxylic acids is 3. The third kappa shape index (κ3) is 3.72. The fourth-order valence-electron chi connectivity index (χ4n) is 4.33. The predicted molar refractivity (Wildman–Crippen MR) is 122 cm³/mol. The highest BCUT2D eigenvalue weighted by atomic mass is 35.5. The number of rotatable bonds is 2. The van der Waals surface area contributed by atoms with Gasteiger partial charge in [0.05, 0.1) is 5.69 Å². The quantitative estimate of drug-likeness (QED) is 0.544. The van der Waals surface area contributed by atoms with Crippen LogP contribution in [0.3, 0.4) is 0 Å². The molecular weight excluding hydrogens is 414 g/mol. The van der Waals surface area contributed by atoms with Gasteiger partial charge in [0.25, 0.3) is 11.8 Å². The van der Waals surface area contributed by atoms with E-state index in [-0.39, 0.29) is 11.1 Å². The summed E-state index contributed by atoms with van der Waals surface area (Å²) in [6.07, 6.45) is 2.54. The fraction of sp³-hybridized carbons (Fsp3) is 0.292. The maximum Gasteiger partial charge on any atom is 0.335 e. The van der Waals surface area contributed by atoms with Crippen molar-refractivity contribution in [3.63, 3.8) is 0 Å². The number of benzene rings is 2. The van der Waals surface area contributed by atoms with Gasteiger partial charge in [0, 0.05) is 23.3 Å². The topological polar surface area (TPSA) is 69.7 Å². The van der Waals surface area contributed by atoms with E-state index in [1.807, 2.05) is 18.2 Å². The lowest BCUT2D eigenvalue weighted by Crippen LogP contribution is -2.54. The second-order valence-electron chi connectivity index (χ2n) is 8.73. The van der Waals surface area contributed by atoms with Crippen LogP contribution in [-0.4, -0.2) is 30.4 Å². The molecule has 2 aliphatic heterocycles. The summed E-state index contributed by atoms with van der Waals surface area (Å²) >= 11 is 5.91. The van der Waals surface area contributed by atoms with Crippen molar-refractivity contribution in [1.29, 1.82) is 0 Å². The molecule has 2 aliphatic rings. The maximum atomic E-state index is 13.1. The number of barbiturate groups is 1. The van der Waals surface area contributed by atoms with Crippen LogP contribution in [0.5, 0.6) is 0 Å². The van der Waals surface area contributed by atoms with Crippen LogP contribution in [0.4, 0.5) is 16.2 Å². The smallest absolute Gasteiger partial charge is 0.335 e. The monoisotopic (exact) mass is 437 g/mol. The molecule has 2 aromatic carbocycles. The van der Waals surface area contributed by atoms with Gasteiger partial charge in [-0.05, 0) is 79.8 Å². The number of carbonyl (C=O) groups is 3. The molecule has 2 aromatic rings. The molecule has 1 saturated heterocycles. The Balaban J connectivity index is 1.72. The van der Waals surface area contributed by atoms with Crippen molar-refractivity contribution in [2.24, 2.45) is 0 Å². The van der Waals surface area contributed by atoms with Gasteiger partial charge in [-0.1, -0.05) is 24.6 Å². The van der Waals surface area contributed by atoms with Crippen LogP contribution in [0, 0.1) is 0 Å². The van der Waals surface area contributed by atoms with Gasteiger partial charge in [0.2, 0.25) is 0 Å². The molecule has 6 nitrogen and oxygen atoms in total. The molecule has 0 aromatic heterocycles. The van der Waals surface area contributed by atoms with Crippen LogP contribution in [0.1, 0.15) is 44.2 Å². The zero-order chi connectivity index (χ0) is 22.5. The van der Waals surface area contributed by atoms with Crippen LogP contribution in [0.25, 0.3) is 6.08 Å². The molecule has 1 atom stereocenters. The van der Waals surface area contributed by atoms with Crippen LogP contribution in [0.2, 0.25) is 5.02 Å². The van der Waals surface area contributed by atoms with Crippen molar-refractivity contribution in [2.75, 3.05) is 16.8 Å². The summed E-state index contributed by atoms with van der Waals surface area (Å²) in [5, 5.41) is 2.73. The summed E-state index contributed by atoms with van der Waals surface area (Å²) in [6.45, 7) is 6.62. The number of hydrogen-bond donors (Lipinski definition) is 1. The van der Waals surface area contributed by atoms with Gasteiger partial charge in [0.1, 0.15) is 5.57 Å². The summed E-state index contributed by atoms with van der Waals surface area (Å²) in [5.74, 6) is -1.04.